The molecule has 0 saturated carbocycles. The van der Waals surface area contributed by atoms with Gasteiger partial charge in [-0.2, -0.15) is 0 Å². The third-order valence-corrected chi connectivity index (χ3v) is 7.18. The zero-order valence-corrected chi connectivity index (χ0v) is 17.0. The lowest BCUT2D eigenvalue weighted by atomic mass is 9.75. The molecule has 2 bridgehead atoms. The van der Waals surface area contributed by atoms with Gasteiger partial charge in [0.1, 0.15) is 11.5 Å². The first-order valence-electron chi connectivity index (χ1n) is 10.6. The largest absolute Gasteiger partial charge is 0.507 e. The van der Waals surface area contributed by atoms with Crippen molar-refractivity contribution < 1.29 is 14.6 Å². The highest BCUT2D eigenvalue weighted by Crippen LogP contribution is 2.47. The van der Waals surface area contributed by atoms with E-state index in [1.54, 1.807) is 19.2 Å². The molecule has 2 aromatic carbocycles. The van der Waals surface area contributed by atoms with Crippen LogP contribution in [0, 0.1) is 12.8 Å². The van der Waals surface area contributed by atoms with Crippen LogP contribution in [0.2, 0.25) is 0 Å². The number of likely N-dealkylation sites (tertiary alicyclic amines) is 1. The van der Waals surface area contributed by atoms with Crippen molar-refractivity contribution >= 4 is 5.91 Å². The van der Waals surface area contributed by atoms with Crippen molar-refractivity contribution in [2.75, 3.05) is 26.7 Å². The molecule has 0 radical (unpaired) electrons. The number of piperidine rings is 3. The average molecular weight is 392 g/mol. The molecule has 0 aromatic heterocycles. The van der Waals surface area contributed by atoms with E-state index in [1.807, 2.05) is 25.1 Å². The number of carbonyl (C=O) groups excluding carboxylic acids is 1. The minimum Gasteiger partial charge on any atom is -0.507 e. The van der Waals surface area contributed by atoms with Crippen LogP contribution >= 0.6 is 0 Å². The van der Waals surface area contributed by atoms with Crippen LogP contribution in [0.15, 0.2) is 42.5 Å². The number of ether oxygens (including phenoxy) is 1. The van der Waals surface area contributed by atoms with Crippen LogP contribution in [0.4, 0.5) is 0 Å². The maximum Gasteiger partial charge on any atom is 0.257 e. The van der Waals surface area contributed by atoms with Gasteiger partial charge in [0.05, 0.1) is 18.7 Å². The minimum atomic E-state index is -0.0396. The summed E-state index contributed by atoms with van der Waals surface area (Å²) in [6.45, 7) is 4.86. The van der Waals surface area contributed by atoms with Gasteiger partial charge in [-0.3, -0.25) is 9.69 Å². The number of methoxy groups -OCH3 is 1. The lowest BCUT2D eigenvalue weighted by Crippen LogP contribution is -2.60. The van der Waals surface area contributed by atoms with Gasteiger partial charge in [-0.05, 0) is 74.2 Å². The molecule has 4 aliphatic rings. The quantitative estimate of drug-likeness (QED) is 0.870. The van der Waals surface area contributed by atoms with Crippen molar-refractivity contribution in [3.8, 4) is 11.5 Å². The molecule has 4 fully saturated rings. The summed E-state index contributed by atoms with van der Waals surface area (Å²) < 4.78 is 5.33. The minimum absolute atomic E-state index is 0.0396. The fourth-order valence-electron chi connectivity index (χ4n) is 5.78. The normalized spacial score (nSPS) is 30.3. The Hall–Kier alpha value is -2.53. The molecule has 4 saturated heterocycles. The Balaban J connectivity index is 1.51. The van der Waals surface area contributed by atoms with Gasteiger partial charge in [0.15, 0.2) is 0 Å². The topological polar surface area (TPSA) is 53.0 Å². The Morgan fingerprint density at radius 1 is 1.07 bits per heavy atom. The molecule has 2 aromatic rings. The molecule has 5 heteroatoms. The van der Waals surface area contributed by atoms with Crippen LogP contribution in [0.25, 0.3) is 0 Å². The summed E-state index contributed by atoms with van der Waals surface area (Å²) in [6, 6.07) is 14.2. The lowest BCUT2D eigenvalue weighted by molar-refractivity contribution is -0.00348. The predicted molar refractivity (Wildman–Crippen MR) is 111 cm³/mol. The van der Waals surface area contributed by atoms with Gasteiger partial charge in [-0.25, -0.2) is 0 Å². The number of carbonyl (C=O) groups is 1. The number of rotatable bonds is 3. The third kappa shape index (κ3) is 2.99. The van der Waals surface area contributed by atoms with E-state index in [0.29, 0.717) is 24.1 Å². The highest BCUT2D eigenvalue weighted by Gasteiger charge is 2.54. The number of hydrogen-bond acceptors (Lipinski definition) is 4. The lowest BCUT2D eigenvalue weighted by Gasteiger charge is -2.51. The second-order valence-corrected chi connectivity index (χ2v) is 8.71. The van der Waals surface area contributed by atoms with Gasteiger partial charge in [-0.1, -0.05) is 18.2 Å². The fourth-order valence-corrected chi connectivity index (χ4v) is 5.78. The fraction of sp³-hybridized carbons (Fsp3) is 0.458. The Labute approximate surface area is 171 Å². The molecule has 1 N–H and O–H groups in total. The summed E-state index contributed by atoms with van der Waals surface area (Å²) in [5, 5.41) is 10.4. The van der Waals surface area contributed by atoms with Crippen LogP contribution in [-0.2, 0) is 0 Å². The van der Waals surface area contributed by atoms with Gasteiger partial charge in [-0.15, -0.1) is 0 Å². The molecule has 5 nitrogen and oxygen atoms in total. The van der Waals surface area contributed by atoms with Crippen LogP contribution < -0.4 is 4.74 Å². The van der Waals surface area contributed by atoms with Crippen molar-refractivity contribution in [2.45, 2.75) is 37.8 Å². The first kappa shape index (κ1) is 18.5. The van der Waals surface area contributed by atoms with E-state index < -0.39 is 0 Å². The number of amides is 1. The van der Waals surface area contributed by atoms with Gasteiger partial charge >= 0.3 is 0 Å². The molecule has 0 aliphatic carbocycles. The number of hydrogen-bond donors (Lipinski definition) is 1. The van der Waals surface area contributed by atoms with Gasteiger partial charge in [0, 0.05) is 18.5 Å². The van der Waals surface area contributed by atoms with Crippen LogP contribution in [0.5, 0.6) is 11.5 Å². The second-order valence-electron chi connectivity index (χ2n) is 8.71. The molecular weight excluding hydrogens is 364 g/mol. The van der Waals surface area contributed by atoms with E-state index in [1.165, 1.54) is 5.56 Å². The molecule has 3 atom stereocenters. The van der Waals surface area contributed by atoms with Crippen LogP contribution in [-0.4, -0.2) is 59.6 Å². The van der Waals surface area contributed by atoms with Gasteiger partial charge in [0.2, 0.25) is 0 Å². The molecular formula is C24H28N2O3. The summed E-state index contributed by atoms with van der Waals surface area (Å²) >= 11 is 0. The van der Waals surface area contributed by atoms with E-state index in [-0.39, 0.29) is 23.6 Å². The van der Waals surface area contributed by atoms with Crippen molar-refractivity contribution in [3.05, 3.63) is 59.2 Å². The number of phenols is 1. The smallest absolute Gasteiger partial charge is 0.257 e. The number of aromatic hydroxyl groups is 1. The van der Waals surface area contributed by atoms with Gasteiger partial charge < -0.3 is 14.7 Å². The van der Waals surface area contributed by atoms with Crippen molar-refractivity contribution in [1.29, 1.82) is 0 Å². The Morgan fingerprint density at radius 3 is 2.45 bits per heavy atom. The first-order valence-corrected chi connectivity index (χ1v) is 10.6. The molecule has 1 amide bonds. The highest BCUT2D eigenvalue weighted by atomic mass is 16.5. The van der Waals surface area contributed by atoms with E-state index >= 15 is 0 Å². The number of aryl methyl sites for hydroxylation is 1. The molecule has 0 unspecified atom stereocenters. The number of benzene rings is 2. The predicted octanol–water partition coefficient (Wildman–Crippen LogP) is 3.41. The number of nitrogens with zero attached hydrogens (tertiary/aromatic N) is 2. The highest BCUT2D eigenvalue weighted by molar-refractivity contribution is 5.97. The number of phenolic OH excluding ortho intramolecular Hbond substituents is 1. The van der Waals surface area contributed by atoms with E-state index in [2.05, 4.69) is 21.9 Å². The second kappa shape index (κ2) is 7.06. The zero-order chi connectivity index (χ0) is 20.1. The van der Waals surface area contributed by atoms with Crippen LogP contribution in [0.3, 0.4) is 0 Å². The Bertz CT molecular complexity index is 918. The van der Waals surface area contributed by atoms with E-state index in [4.69, 9.17) is 4.74 Å². The summed E-state index contributed by atoms with van der Waals surface area (Å²) in [7, 11) is 1.68. The molecule has 29 heavy (non-hydrogen) atoms. The average Bonchev–Trinajstić information content (AvgIpc) is 3.17. The molecule has 4 heterocycles. The Morgan fingerprint density at radius 2 is 1.79 bits per heavy atom. The summed E-state index contributed by atoms with van der Waals surface area (Å²) in [5.74, 6) is 1.73. The summed E-state index contributed by atoms with van der Waals surface area (Å²) in [4.78, 5) is 18.2. The number of fused-ring (bicyclic) bond motifs is 2. The summed E-state index contributed by atoms with van der Waals surface area (Å²) in [6.07, 6.45) is 2.31. The van der Waals surface area contributed by atoms with E-state index in [9.17, 15) is 9.90 Å². The Kier molecular flexibility index (Phi) is 4.50. The van der Waals surface area contributed by atoms with Crippen LogP contribution in [0.1, 0.15) is 40.2 Å². The maximum absolute atomic E-state index is 13.5. The van der Waals surface area contributed by atoms with Crippen molar-refractivity contribution in [1.82, 2.24) is 9.80 Å². The monoisotopic (exact) mass is 392 g/mol. The third-order valence-electron chi connectivity index (χ3n) is 7.18. The summed E-state index contributed by atoms with van der Waals surface area (Å²) in [5.41, 5.74) is 2.63. The maximum atomic E-state index is 13.5. The standard InChI is InChI=1S/C24H28N2O3/c1-15-3-8-19(21(27)13-15)24(28)26-14-20(16-4-6-18(29-2)7-5-16)23-22(26)17-9-11-25(23)12-10-17/h3-8,13,17,20,22-23,27H,9-12,14H2,1-2H3/t20-,22+,23+/m0/s1. The van der Waals surface area contributed by atoms with Crippen molar-refractivity contribution in [2.24, 2.45) is 5.92 Å². The van der Waals surface area contributed by atoms with Crippen molar-refractivity contribution in [3.63, 3.8) is 0 Å². The van der Waals surface area contributed by atoms with Gasteiger partial charge in [0.25, 0.3) is 5.91 Å². The molecule has 0 spiro atoms. The van der Waals surface area contributed by atoms with E-state index in [0.717, 1.165) is 37.2 Å². The SMILES string of the molecule is COc1ccc([C@@H]2CN(C(=O)c3ccc(C)cc3O)[C@@H]3C4CCN(CC4)[C@@H]32)cc1. The molecule has 152 valence electrons. The molecule has 6 rings (SSSR count). The first-order chi connectivity index (χ1) is 14.1. The molecule has 4 aliphatic heterocycles. The zero-order valence-electron chi connectivity index (χ0n) is 17.0.